The van der Waals surface area contributed by atoms with E-state index in [4.69, 9.17) is 0 Å². The monoisotopic (exact) mass is 382 g/mol. The number of carbonyl (C=O) groups excluding carboxylic acids is 2. The number of amides is 2. The Morgan fingerprint density at radius 1 is 1.12 bits per heavy atom. The highest BCUT2D eigenvalue weighted by Gasteiger charge is 2.29. The predicted molar refractivity (Wildman–Crippen MR) is 106 cm³/mol. The van der Waals surface area contributed by atoms with Crippen LogP contribution in [0.1, 0.15) is 43.4 Å². The van der Waals surface area contributed by atoms with Crippen molar-refractivity contribution in [3.8, 4) is 0 Å². The van der Waals surface area contributed by atoms with Crippen molar-refractivity contribution in [2.24, 2.45) is 0 Å². The molecule has 1 N–H and O–H groups in total. The summed E-state index contributed by atoms with van der Waals surface area (Å²) in [5, 5.41) is 6.83. The summed E-state index contributed by atoms with van der Waals surface area (Å²) in [6.07, 6.45) is 0.901. The van der Waals surface area contributed by atoms with Crippen LogP contribution in [0.5, 0.6) is 0 Å². The van der Waals surface area contributed by atoms with Gasteiger partial charge in [0.15, 0.2) is 0 Å². The van der Waals surface area contributed by atoms with Gasteiger partial charge in [0.1, 0.15) is 0 Å². The first kappa shape index (κ1) is 17.0. The van der Waals surface area contributed by atoms with Crippen molar-refractivity contribution >= 4 is 40.2 Å². The quantitative estimate of drug-likeness (QED) is 0.706. The molecule has 0 saturated heterocycles. The standard InChI is InChI=1S/C20H18N2O2S2/c1-13-16-8-11-26-17(16)7-9-22(13)20(24)14-4-2-5-15(12-14)21-19(23)18-6-3-10-25-18/h2-6,8,10-13H,7,9H2,1H3,(H,21,23)/t13-/m0/s1. The Labute approximate surface area is 160 Å². The van der Waals surface area contributed by atoms with E-state index in [2.05, 4.69) is 23.7 Å². The highest BCUT2D eigenvalue weighted by Crippen LogP contribution is 2.33. The van der Waals surface area contributed by atoms with Crippen LogP contribution in [0.4, 0.5) is 5.69 Å². The summed E-state index contributed by atoms with van der Waals surface area (Å²) in [6, 6.07) is 13.0. The Kier molecular flexibility index (Phi) is 4.61. The van der Waals surface area contributed by atoms with Gasteiger partial charge in [0.05, 0.1) is 10.9 Å². The maximum atomic E-state index is 13.0. The lowest BCUT2D eigenvalue weighted by Gasteiger charge is -2.33. The second-order valence-corrected chi connectivity index (χ2v) is 8.18. The van der Waals surface area contributed by atoms with Gasteiger partial charge in [-0.25, -0.2) is 0 Å². The van der Waals surface area contributed by atoms with Crippen LogP contribution in [0, 0.1) is 0 Å². The minimum absolute atomic E-state index is 0.00146. The molecule has 1 atom stereocenters. The number of nitrogens with zero attached hydrogens (tertiary/aromatic N) is 1. The van der Waals surface area contributed by atoms with E-state index in [1.54, 1.807) is 35.6 Å². The maximum absolute atomic E-state index is 13.0. The van der Waals surface area contributed by atoms with Crippen molar-refractivity contribution in [3.05, 3.63) is 74.1 Å². The van der Waals surface area contributed by atoms with Gasteiger partial charge >= 0.3 is 0 Å². The normalized spacial score (nSPS) is 16.2. The first-order chi connectivity index (χ1) is 12.6. The molecular weight excluding hydrogens is 364 g/mol. The van der Waals surface area contributed by atoms with E-state index in [0.717, 1.165) is 13.0 Å². The van der Waals surface area contributed by atoms with Gasteiger partial charge < -0.3 is 10.2 Å². The topological polar surface area (TPSA) is 49.4 Å². The molecule has 6 heteroatoms. The average molecular weight is 383 g/mol. The molecule has 1 aliphatic heterocycles. The van der Waals surface area contributed by atoms with Crippen LogP contribution in [-0.2, 0) is 6.42 Å². The van der Waals surface area contributed by atoms with Gasteiger partial charge in [0.2, 0.25) is 0 Å². The molecule has 2 amide bonds. The molecule has 26 heavy (non-hydrogen) atoms. The molecule has 4 rings (SSSR count). The van der Waals surface area contributed by atoms with E-state index < -0.39 is 0 Å². The Balaban J connectivity index is 1.53. The second kappa shape index (κ2) is 7.05. The van der Waals surface area contributed by atoms with Gasteiger partial charge in [-0.15, -0.1) is 22.7 Å². The van der Waals surface area contributed by atoms with Crippen LogP contribution < -0.4 is 5.32 Å². The van der Waals surface area contributed by atoms with Gasteiger partial charge in [-0.05, 0) is 60.0 Å². The van der Waals surface area contributed by atoms with E-state index in [1.165, 1.54) is 21.8 Å². The first-order valence-electron chi connectivity index (χ1n) is 8.45. The third-order valence-electron chi connectivity index (χ3n) is 4.65. The molecule has 0 spiro atoms. The first-order valence-corrected chi connectivity index (χ1v) is 10.2. The minimum atomic E-state index is -0.154. The van der Waals surface area contributed by atoms with Gasteiger partial charge in [-0.2, -0.15) is 0 Å². The summed E-state index contributed by atoms with van der Waals surface area (Å²) in [6.45, 7) is 2.80. The average Bonchev–Trinajstić information content (AvgIpc) is 3.34. The molecule has 132 valence electrons. The Morgan fingerprint density at radius 3 is 2.81 bits per heavy atom. The number of benzene rings is 1. The number of hydrogen-bond acceptors (Lipinski definition) is 4. The highest BCUT2D eigenvalue weighted by molar-refractivity contribution is 7.12. The summed E-state index contributed by atoms with van der Waals surface area (Å²) in [5.41, 5.74) is 2.48. The van der Waals surface area contributed by atoms with Crippen molar-refractivity contribution in [2.75, 3.05) is 11.9 Å². The molecule has 4 nitrogen and oxygen atoms in total. The van der Waals surface area contributed by atoms with Crippen molar-refractivity contribution in [1.29, 1.82) is 0 Å². The predicted octanol–water partition coefficient (Wildman–Crippen LogP) is 4.82. The molecule has 0 saturated carbocycles. The van der Waals surface area contributed by atoms with Crippen molar-refractivity contribution in [1.82, 2.24) is 4.90 Å². The third kappa shape index (κ3) is 3.18. The number of rotatable bonds is 3. The Hall–Kier alpha value is -2.44. The van der Waals surface area contributed by atoms with Gasteiger partial charge in [-0.1, -0.05) is 12.1 Å². The van der Waals surface area contributed by atoms with Crippen LogP contribution >= 0.6 is 22.7 Å². The fraction of sp³-hybridized carbons (Fsp3) is 0.200. The summed E-state index contributed by atoms with van der Waals surface area (Å²) in [7, 11) is 0. The molecule has 1 aliphatic rings. The highest BCUT2D eigenvalue weighted by atomic mass is 32.1. The fourth-order valence-corrected chi connectivity index (χ4v) is 4.86. The molecule has 3 heterocycles. The van der Waals surface area contributed by atoms with E-state index in [9.17, 15) is 9.59 Å². The molecule has 3 aromatic rings. The van der Waals surface area contributed by atoms with Gasteiger partial charge in [0.25, 0.3) is 11.8 Å². The zero-order valence-electron chi connectivity index (χ0n) is 14.3. The number of carbonyl (C=O) groups is 2. The van der Waals surface area contributed by atoms with Crippen molar-refractivity contribution < 1.29 is 9.59 Å². The zero-order valence-corrected chi connectivity index (χ0v) is 15.9. The lowest BCUT2D eigenvalue weighted by atomic mass is 10.00. The minimum Gasteiger partial charge on any atom is -0.331 e. The second-order valence-electron chi connectivity index (χ2n) is 6.24. The number of hydrogen-bond donors (Lipinski definition) is 1. The van der Waals surface area contributed by atoms with E-state index >= 15 is 0 Å². The van der Waals surface area contributed by atoms with E-state index in [-0.39, 0.29) is 17.9 Å². The maximum Gasteiger partial charge on any atom is 0.265 e. The molecule has 1 aromatic carbocycles. The van der Waals surface area contributed by atoms with Crippen LogP contribution in [0.25, 0.3) is 0 Å². The lowest BCUT2D eigenvalue weighted by Crippen LogP contribution is -2.38. The number of thiophene rings is 2. The summed E-state index contributed by atoms with van der Waals surface area (Å²) in [4.78, 5) is 29.2. The van der Waals surface area contributed by atoms with Crippen LogP contribution in [0.2, 0.25) is 0 Å². The van der Waals surface area contributed by atoms with Gasteiger partial charge in [0, 0.05) is 22.7 Å². The summed E-state index contributed by atoms with van der Waals surface area (Å²) >= 11 is 3.15. The summed E-state index contributed by atoms with van der Waals surface area (Å²) in [5.74, 6) is -0.152. The SMILES string of the molecule is C[C@H]1c2ccsc2CCN1C(=O)c1cccc(NC(=O)c2cccs2)c1. The van der Waals surface area contributed by atoms with Crippen molar-refractivity contribution in [2.45, 2.75) is 19.4 Å². The molecule has 0 aliphatic carbocycles. The zero-order chi connectivity index (χ0) is 18.1. The smallest absolute Gasteiger partial charge is 0.265 e. The van der Waals surface area contributed by atoms with Crippen LogP contribution in [0.15, 0.2) is 53.2 Å². The molecule has 0 fully saturated rings. The largest absolute Gasteiger partial charge is 0.331 e. The lowest BCUT2D eigenvalue weighted by molar-refractivity contribution is 0.0679. The Bertz CT molecular complexity index is 946. The van der Waals surface area contributed by atoms with E-state index in [0.29, 0.717) is 16.1 Å². The number of nitrogens with one attached hydrogen (secondary N) is 1. The van der Waals surface area contributed by atoms with E-state index in [1.807, 2.05) is 22.4 Å². The molecule has 2 aromatic heterocycles. The fourth-order valence-electron chi connectivity index (χ4n) is 3.28. The summed E-state index contributed by atoms with van der Waals surface area (Å²) < 4.78 is 0. The van der Waals surface area contributed by atoms with Crippen LogP contribution in [-0.4, -0.2) is 23.3 Å². The molecule has 0 unspecified atom stereocenters. The molecule has 0 radical (unpaired) electrons. The Morgan fingerprint density at radius 2 is 2.00 bits per heavy atom. The third-order valence-corrected chi connectivity index (χ3v) is 6.52. The van der Waals surface area contributed by atoms with Gasteiger partial charge in [-0.3, -0.25) is 9.59 Å². The van der Waals surface area contributed by atoms with Crippen molar-refractivity contribution in [3.63, 3.8) is 0 Å². The van der Waals surface area contributed by atoms with Crippen LogP contribution in [0.3, 0.4) is 0 Å². The molecule has 0 bridgehead atoms. The number of anilines is 1. The molecular formula is C20H18N2O2S2. The number of fused-ring (bicyclic) bond motifs is 1.